The summed E-state index contributed by atoms with van der Waals surface area (Å²) in [5.74, 6) is 1.73. The standard InChI is InChI=1S/C9H12Br2/c10-9(11)7-5-3-1-2-4-6-8(7)9/h1,3,7-8H,2,4-6H2/b3-1-. The van der Waals surface area contributed by atoms with Crippen molar-refractivity contribution in [2.24, 2.45) is 11.8 Å². The number of hydrogen-bond acceptors (Lipinski definition) is 0. The molecule has 0 aliphatic heterocycles. The summed E-state index contributed by atoms with van der Waals surface area (Å²) < 4.78 is 0.300. The van der Waals surface area contributed by atoms with E-state index < -0.39 is 0 Å². The van der Waals surface area contributed by atoms with Crippen LogP contribution >= 0.6 is 31.9 Å². The quantitative estimate of drug-likeness (QED) is 0.467. The zero-order valence-electron chi connectivity index (χ0n) is 6.39. The summed E-state index contributed by atoms with van der Waals surface area (Å²) in [6.07, 6.45) is 9.92. The monoisotopic (exact) mass is 278 g/mol. The summed E-state index contributed by atoms with van der Waals surface area (Å²) in [6.45, 7) is 0. The number of rotatable bonds is 0. The molecule has 2 aliphatic carbocycles. The molecule has 0 nitrogen and oxygen atoms in total. The highest BCUT2D eigenvalue weighted by molar-refractivity contribution is 9.25. The summed E-state index contributed by atoms with van der Waals surface area (Å²) in [6, 6.07) is 0. The fourth-order valence-corrected chi connectivity index (χ4v) is 3.84. The van der Waals surface area contributed by atoms with Gasteiger partial charge in [0.15, 0.2) is 0 Å². The predicted octanol–water partition coefficient (Wildman–Crippen LogP) is 3.85. The first-order valence-corrected chi connectivity index (χ1v) is 5.84. The van der Waals surface area contributed by atoms with Crippen LogP contribution in [0.5, 0.6) is 0 Å². The second kappa shape index (κ2) is 2.88. The van der Waals surface area contributed by atoms with Crippen LogP contribution in [0.2, 0.25) is 0 Å². The van der Waals surface area contributed by atoms with Gasteiger partial charge in [-0.25, -0.2) is 0 Å². The Morgan fingerprint density at radius 2 is 2.00 bits per heavy atom. The molecule has 2 heteroatoms. The first-order valence-electron chi connectivity index (χ1n) is 4.25. The molecule has 0 radical (unpaired) electrons. The van der Waals surface area contributed by atoms with Crippen molar-refractivity contribution in [2.75, 3.05) is 0 Å². The molecule has 1 fully saturated rings. The van der Waals surface area contributed by atoms with Crippen molar-refractivity contribution in [1.29, 1.82) is 0 Å². The number of allylic oxidation sites excluding steroid dienone is 2. The zero-order valence-corrected chi connectivity index (χ0v) is 9.57. The van der Waals surface area contributed by atoms with E-state index in [9.17, 15) is 0 Å². The van der Waals surface area contributed by atoms with Crippen LogP contribution in [-0.2, 0) is 0 Å². The molecule has 0 amide bonds. The van der Waals surface area contributed by atoms with E-state index in [-0.39, 0.29) is 0 Å². The van der Waals surface area contributed by atoms with Crippen molar-refractivity contribution < 1.29 is 0 Å². The lowest BCUT2D eigenvalue weighted by Crippen LogP contribution is -1.87. The molecule has 2 unspecified atom stereocenters. The van der Waals surface area contributed by atoms with Crippen LogP contribution < -0.4 is 0 Å². The van der Waals surface area contributed by atoms with E-state index in [0.717, 1.165) is 11.8 Å². The lowest BCUT2D eigenvalue weighted by molar-refractivity contribution is 0.605. The van der Waals surface area contributed by atoms with Crippen LogP contribution in [0.1, 0.15) is 25.7 Å². The maximum atomic E-state index is 3.73. The Morgan fingerprint density at radius 3 is 2.82 bits per heavy atom. The van der Waals surface area contributed by atoms with Gasteiger partial charge < -0.3 is 0 Å². The van der Waals surface area contributed by atoms with E-state index in [0.29, 0.717) is 3.23 Å². The fourth-order valence-electron chi connectivity index (χ4n) is 1.99. The van der Waals surface area contributed by atoms with Crippen molar-refractivity contribution in [2.45, 2.75) is 28.9 Å². The van der Waals surface area contributed by atoms with Gasteiger partial charge in [-0.3, -0.25) is 0 Å². The summed E-state index contributed by atoms with van der Waals surface area (Å²) in [5.41, 5.74) is 0. The van der Waals surface area contributed by atoms with E-state index >= 15 is 0 Å². The molecule has 11 heavy (non-hydrogen) atoms. The van der Waals surface area contributed by atoms with Gasteiger partial charge in [0.1, 0.15) is 0 Å². The third kappa shape index (κ3) is 1.44. The molecule has 0 aromatic heterocycles. The highest BCUT2D eigenvalue weighted by Gasteiger charge is 2.60. The van der Waals surface area contributed by atoms with Gasteiger partial charge in [-0.1, -0.05) is 44.0 Å². The van der Waals surface area contributed by atoms with E-state index in [1.165, 1.54) is 25.7 Å². The van der Waals surface area contributed by atoms with Gasteiger partial charge in [-0.15, -0.1) is 0 Å². The minimum atomic E-state index is 0.300. The second-order valence-electron chi connectivity index (χ2n) is 3.53. The molecule has 1 saturated carbocycles. The Bertz CT molecular complexity index is 184. The maximum Gasteiger partial charge on any atom is 0.0871 e. The molecule has 0 aromatic carbocycles. The molecule has 0 saturated heterocycles. The summed E-state index contributed by atoms with van der Waals surface area (Å²) in [5, 5.41) is 0. The van der Waals surface area contributed by atoms with E-state index in [1.54, 1.807) is 0 Å². The number of hydrogen-bond donors (Lipinski definition) is 0. The van der Waals surface area contributed by atoms with Gasteiger partial charge >= 0.3 is 0 Å². The average molecular weight is 280 g/mol. The topological polar surface area (TPSA) is 0 Å². The normalized spacial score (nSPS) is 43.5. The Morgan fingerprint density at radius 1 is 1.18 bits per heavy atom. The lowest BCUT2D eigenvalue weighted by Gasteiger charge is -1.99. The van der Waals surface area contributed by atoms with E-state index in [2.05, 4.69) is 44.0 Å². The molecule has 2 aliphatic rings. The lowest BCUT2D eigenvalue weighted by atomic mass is 10.1. The van der Waals surface area contributed by atoms with Crippen LogP contribution in [0.4, 0.5) is 0 Å². The van der Waals surface area contributed by atoms with Crippen molar-refractivity contribution in [1.82, 2.24) is 0 Å². The molecule has 0 aromatic rings. The van der Waals surface area contributed by atoms with Gasteiger partial charge in [-0.05, 0) is 37.5 Å². The molecule has 2 rings (SSSR count). The Kier molecular flexibility index (Phi) is 2.17. The van der Waals surface area contributed by atoms with Gasteiger partial charge in [0.05, 0.1) is 3.23 Å². The fraction of sp³-hybridized carbons (Fsp3) is 0.778. The summed E-state index contributed by atoms with van der Waals surface area (Å²) in [4.78, 5) is 0. The molecule has 0 spiro atoms. The predicted molar refractivity (Wildman–Crippen MR) is 55.2 cm³/mol. The molecule has 0 N–H and O–H groups in total. The number of fused-ring (bicyclic) bond motifs is 1. The number of alkyl halides is 2. The molecule has 62 valence electrons. The summed E-state index contributed by atoms with van der Waals surface area (Å²) in [7, 11) is 0. The Balaban J connectivity index is 2.04. The highest BCUT2D eigenvalue weighted by atomic mass is 79.9. The third-order valence-electron chi connectivity index (χ3n) is 2.81. The molecule has 0 bridgehead atoms. The zero-order chi connectivity index (χ0) is 7.90. The van der Waals surface area contributed by atoms with Crippen LogP contribution in [0.25, 0.3) is 0 Å². The largest absolute Gasteiger partial charge is 0.0885 e. The van der Waals surface area contributed by atoms with E-state index in [4.69, 9.17) is 0 Å². The van der Waals surface area contributed by atoms with E-state index in [1.807, 2.05) is 0 Å². The molecule has 2 atom stereocenters. The van der Waals surface area contributed by atoms with Gasteiger partial charge in [-0.2, -0.15) is 0 Å². The minimum Gasteiger partial charge on any atom is -0.0885 e. The molecule has 0 heterocycles. The van der Waals surface area contributed by atoms with Gasteiger partial charge in [0.2, 0.25) is 0 Å². The molecular weight excluding hydrogens is 268 g/mol. The van der Waals surface area contributed by atoms with Crippen molar-refractivity contribution in [3.8, 4) is 0 Å². The Hall–Kier alpha value is 0.700. The first kappa shape index (κ1) is 8.31. The van der Waals surface area contributed by atoms with Gasteiger partial charge in [0.25, 0.3) is 0 Å². The highest BCUT2D eigenvalue weighted by Crippen LogP contribution is 2.65. The van der Waals surface area contributed by atoms with Crippen LogP contribution in [0.15, 0.2) is 12.2 Å². The van der Waals surface area contributed by atoms with Crippen LogP contribution in [0, 0.1) is 11.8 Å². The first-order chi connectivity index (χ1) is 5.23. The number of halogens is 2. The van der Waals surface area contributed by atoms with Crippen molar-refractivity contribution in [3.63, 3.8) is 0 Å². The maximum absolute atomic E-state index is 3.73. The SMILES string of the molecule is BrC1(Br)C2C/C=C\CCCC21. The van der Waals surface area contributed by atoms with Crippen LogP contribution in [-0.4, -0.2) is 3.23 Å². The smallest absolute Gasteiger partial charge is 0.0871 e. The summed E-state index contributed by atoms with van der Waals surface area (Å²) >= 11 is 7.46. The Labute approximate surface area is 84.7 Å². The van der Waals surface area contributed by atoms with Crippen LogP contribution in [0.3, 0.4) is 0 Å². The average Bonchev–Trinajstić information content (AvgIpc) is 2.29. The second-order valence-corrected chi connectivity index (χ2v) is 7.21. The minimum absolute atomic E-state index is 0.300. The van der Waals surface area contributed by atoms with Crippen molar-refractivity contribution >= 4 is 31.9 Å². The van der Waals surface area contributed by atoms with Gasteiger partial charge in [0, 0.05) is 0 Å². The molecular formula is C9H12Br2. The third-order valence-corrected chi connectivity index (χ3v) is 5.16. The van der Waals surface area contributed by atoms with Crippen molar-refractivity contribution in [3.05, 3.63) is 12.2 Å².